The third-order valence-electron chi connectivity index (χ3n) is 12.4. The molecule has 0 aromatic heterocycles. The van der Waals surface area contributed by atoms with Crippen LogP contribution in [0.25, 0.3) is 120 Å². The SMILES string of the molecule is c1cc(-c2ccccc2-c2c3ccccc3c(-c3cccc(-c4ccc5ccc6cccc7ccc4c5c67)c3)c3ccccc23)cc(-c2cccc3ccccc23)c1. The van der Waals surface area contributed by atoms with Gasteiger partial charge in [-0.2, -0.15) is 0 Å². The monoisotopic (exact) mass is 732 g/mol. The summed E-state index contributed by atoms with van der Waals surface area (Å²) < 4.78 is 0. The topological polar surface area (TPSA) is 0 Å². The van der Waals surface area contributed by atoms with Crippen LogP contribution in [0.15, 0.2) is 218 Å². The molecule has 12 aromatic carbocycles. The van der Waals surface area contributed by atoms with Crippen LogP contribution in [0.4, 0.5) is 0 Å². The fraction of sp³-hybridized carbons (Fsp3) is 0. The lowest BCUT2D eigenvalue weighted by Crippen LogP contribution is -1.93. The van der Waals surface area contributed by atoms with Gasteiger partial charge in [0, 0.05) is 0 Å². The molecule has 0 N–H and O–H groups in total. The molecule has 12 rings (SSSR count). The van der Waals surface area contributed by atoms with Crippen LogP contribution in [0.5, 0.6) is 0 Å². The van der Waals surface area contributed by atoms with Crippen LogP contribution in [0.2, 0.25) is 0 Å². The summed E-state index contributed by atoms with van der Waals surface area (Å²) in [4.78, 5) is 0. The van der Waals surface area contributed by atoms with E-state index in [1.165, 1.54) is 120 Å². The Hall–Kier alpha value is -7.54. The smallest absolute Gasteiger partial charge is 0.00201 e. The van der Waals surface area contributed by atoms with Crippen molar-refractivity contribution in [2.75, 3.05) is 0 Å². The summed E-state index contributed by atoms with van der Waals surface area (Å²) in [6.45, 7) is 0. The highest BCUT2D eigenvalue weighted by molar-refractivity contribution is 6.26. The maximum absolute atomic E-state index is 2.41. The van der Waals surface area contributed by atoms with E-state index >= 15 is 0 Å². The van der Waals surface area contributed by atoms with Crippen molar-refractivity contribution in [2.24, 2.45) is 0 Å². The van der Waals surface area contributed by atoms with Crippen molar-refractivity contribution >= 4 is 64.6 Å². The molecule has 0 unspecified atom stereocenters. The summed E-state index contributed by atoms with van der Waals surface area (Å²) >= 11 is 0. The minimum Gasteiger partial charge on any atom is -0.0616 e. The Morgan fingerprint density at radius 3 is 1.31 bits per heavy atom. The Balaban J connectivity index is 1.05. The van der Waals surface area contributed by atoms with Crippen molar-refractivity contribution in [2.45, 2.75) is 0 Å². The molecule has 0 aliphatic heterocycles. The highest BCUT2D eigenvalue weighted by Crippen LogP contribution is 2.47. The molecule has 0 heterocycles. The van der Waals surface area contributed by atoms with Gasteiger partial charge in [-0.1, -0.05) is 206 Å². The Morgan fingerprint density at radius 1 is 0.190 bits per heavy atom. The van der Waals surface area contributed by atoms with Gasteiger partial charge >= 0.3 is 0 Å². The second-order valence-corrected chi connectivity index (χ2v) is 15.5. The Morgan fingerprint density at radius 2 is 0.603 bits per heavy atom. The standard InChI is InChI=1S/C58H36/c1-2-21-45-37(13-1)14-12-28-46(45)41-17-10-18-42(35-41)47-22-3-4-23-49(47)58-52-26-7-5-24-50(52)56(51-25-6-8-27-53(51)58)44-20-11-19-43(36-44)48-33-31-40-30-29-38-15-9-16-39-32-34-54(48)57(40)55(38)39/h1-36H. The van der Waals surface area contributed by atoms with E-state index < -0.39 is 0 Å². The van der Waals surface area contributed by atoms with Crippen molar-refractivity contribution in [1.82, 2.24) is 0 Å². The van der Waals surface area contributed by atoms with E-state index in [9.17, 15) is 0 Å². The second-order valence-electron chi connectivity index (χ2n) is 15.5. The molecule has 268 valence electrons. The van der Waals surface area contributed by atoms with Crippen LogP contribution in [-0.4, -0.2) is 0 Å². The van der Waals surface area contributed by atoms with E-state index in [0.29, 0.717) is 0 Å². The van der Waals surface area contributed by atoms with Gasteiger partial charge < -0.3 is 0 Å². The molecule has 0 radical (unpaired) electrons. The summed E-state index contributed by atoms with van der Waals surface area (Å²) in [6.07, 6.45) is 0. The Kier molecular flexibility index (Phi) is 7.33. The number of hydrogen-bond donors (Lipinski definition) is 0. The lowest BCUT2D eigenvalue weighted by molar-refractivity contribution is 1.59. The third kappa shape index (κ3) is 5.02. The second kappa shape index (κ2) is 13.0. The number of rotatable bonds is 5. The molecule has 0 spiro atoms. The van der Waals surface area contributed by atoms with Gasteiger partial charge in [0.15, 0.2) is 0 Å². The van der Waals surface area contributed by atoms with Crippen LogP contribution in [0, 0.1) is 0 Å². The van der Waals surface area contributed by atoms with Gasteiger partial charge in [0.1, 0.15) is 0 Å². The zero-order chi connectivity index (χ0) is 38.2. The van der Waals surface area contributed by atoms with Crippen LogP contribution in [0.3, 0.4) is 0 Å². The molecule has 0 fully saturated rings. The highest BCUT2D eigenvalue weighted by atomic mass is 14.2. The van der Waals surface area contributed by atoms with E-state index in [4.69, 9.17) is 0 Å². The molecule has 0 nitrogen and oxygen atoms in total. The van der Waals surface area contributed by atoms with Gasteiger partial charge in [-0.05, 0) is 132 Å². The zero-order valence-corrected chi connectivity index (χ0v) is 31.8. The summed E-state index contributed by atoms with van der Waals surface area (Å²) in [6, 6.07) is 80.9. The number of benzene rings is 12. The first-order chi connectivity index (χ1) is 28.8. The Labute approximate surface area is 337 Å². The van der Waals surface area contributed by atoms with E-state index in [-0.39, 0.29) is 0 Å². The van der Waals surface area contributed by atoms with Crippen molar-refractivity contribution in [3.05, 3.63) is 218 Å². The van der Waals surface area contributed by atoms with E-state index in [1.807, 2.05) is 0 Å². The normalized spacial score (nSPS) is 11.8. The minimum absolute atomic E-state index is 1.21. The first kappa shape index (κ1) is 32.7. The number of fused-ring (bicyclic) bond motifs is 3. The fourth-order valence-electron chi connectivity index (χ4n) is 9.84. The van der Waals surface area contributed by atoms with Crippen LogP contribution in [-0.2, 0) is 0 Å². The van der Waals surface area contributed by atoms with Crippen molar-refractivity contribution < 1.29 is 0 Å². The van der Waals surface area contributed by atoms with Crippen LogP contribution >= 0.6 is 0 Å². The molecule has 0 saturated carbocycles. The van der Waals surface area contributed by atoms with Crippen LogP contribution in [0.1, 0.15) is 0 Å². The molecular formula is C58H36. The largest absolute Gasteiger partial charge is 0.0616 e. The van der Waals surface area contributed by atoms with Gasteiger partial charge in [0.05, 0.1) is 0 Å². The van der Waals surface area contributed by atoms with Gasteiger partial charge in [-0.3, -0.25) is 0 Å². The summed E-state index contributed by atoms with van der Waals surface area (Å²) in [5, 5.41) is 15.4. The van der Waals surface area contributed by atoms with Gasteiger partial charge in [0.25, 0.3) is 0 Å². The predicted octanol–water partition coefficient (Wildman–Crippen LogP) is 16.4. The highest BCUT2D eigenvalue weighted by Gasteiger charge is 2.20. The maximum Gasteiger partial charge on any atom is -0.00201 e. The first-order valence-electron chi connectivity index (χ1n) is 20.2. The Bertz CT molecular complexity index is 3490. The molecule has 0 atom stereocenters. The molecule has 58 heavy (non-hydrogen) atoms. The summed E-state index contributed by atoms with van der Waals surface area (Å²) in [5.41, 5.74) is 12.4. The van der Waals surface area contributed by atoms with Crippen molar-refractivity contribution in [3.63, 3.8) is 0 Å². The molecule has 0 amide bonds. The minimum atomic E-state index is 1.21. The third-order valence-corrected chi connectivity index (χ3v) is 12.4. The average Bonchev–Trinajstić information content (AvgIpc) is 3.30. The van der Waals surface area contributed by atoms with Crippen molar-refractivity contribution in [1.29, 1.82) is 0 Å². The maximum atomic E-state index is 2.41. The summed E-state index contributed by atoms with van der Waals surface area (Å²) in [5.74, 6) is 0. The molecule has 0 bridgehead atoms. The molecule has 0 aliphatic carbocycles. The van der Waals surface area contributed by atoms with Gasteiger partial charge in [-0.25, -0.2) is 0 Å². The first-order valence-corrected chi connectivity index (χ1v) is 20.2. The predicted molar refractivity (Wildman–Crippen MR) is 250 cm³/mol. The molecule has 0 saturated heterocycles. The molecular weight excluding hydrogens is 697 g/mol. The molecule has 0 aliphatic rings. The zero-order valence-electron chi connectivity index (χ0n) is 31.8. The summed E-state index contributed by atoms with van der Waals surface area (Å²) in [7, 11) is 0. The average molecular weight is 733 g/mol. The van der Waals surface area contributed by atoms with Crippen LogP contribution < -0.4 is 0 Å². The van der Waals surface area contributed by atoms with Crippen molar-refractivity contribution in [3.8, 4) is 55.6 Å². The van der Waals surface area contributed by atoms with E-state index in [0.717, 1.165) is 0 Å². The van der Waals surface area contributed by atoms with E-state index in [1.54, 1.807) is 0 Å². The number of hydrogen-bond acceptors (Lipinski definition) is 0. The van der Waals surface area contributed by atoms with Gasteiger partial charge in [-0.15, -0.1) is 0 Å². The lowest BCUT2D eigenvalue weighted by atomic mass is 9.83. The quantitative estimate of drug-likeness (QED) is 0.122. The van der Waals surface area contributed by atoms with E-state index in [2.05, 4.69) is 218 Å². The van der Waals surface area contributed by atoms with Gasteiger partial charge in [0.2, 0.25) is 0 Å². The molecule has 12 aromatic rings. The lowest BCUT2D eigenvalue weighted by Gasteiger charge is -2.20. The fourth-order valence-corrected chi connectivity index (χ4v) is 9.84. The molecule has 0 heteroatoms.